The van der Waals surface area contributed by atoms with Crippen molar-refractivity contribution in [2.24, 2.45) is 0 Å². The summed E-state index contributed by atoms with van der Waals surface area (Å²) in [6, 6.07) is 1.30. The number of rotatable bonds is 5. The van der Waals surface area contributed by atoms with Crippen LogP contribution in [0.1, 0.15) is 47.8 Å². The minimum Gasteiger partial charge on any atom is -0.469 e. The van der Waals surface area contributed by atoms with Crippen LogP contribution in [0.5, 0.6) is 0 Å². The molecule has 3 unspecified atom stereocenters. The highest BCUT2D eigenvalue weighted by atomic mass is 28.4. The average Bonchev–Trinajstić information content (AvgIpc) is 2.81. The van der Waals surface area contributed by atoms with Crippen molar-refractivity contribution < 1.29 is 13.6 Å². The van der Waals surface area contributed by atoms with Crippen LogP contribution in [0.2, 0.25) is 36.3 Å². The summed E-state index contributed by atoms with van der Waals surface area (Å²) in [4.78, 5) is 26.4. The Bertz CT molecular complexity index is 905. The summed E-state index contributed by atoms with van der Waals surface area (Å²) >= 11 is 0. The first kappa shape index (κ1) is 24.8. The smallest absolute Gasteiger partial charge is 0.331 e. The van der Waals surface area contributed by atoms with Gasteiger partial charge in [-0.3, -0.25) is 14.3 Å². The molecule has 1 N–H and O–H groups in total. The van der Waals surface area contributed by atoms with Crippen molar-refractivity contribution in [2.45, 2.75) is 96.2 Å². The van der Waals surface area contributed by atoms with Gasteiger partial charge in [-0.25, -0.2) is 4.79 Å². The van der Waals surface area contributed by atoms with Gasteiger partial charge in [-0.1, -0.05) is 48.1 Å². The molecule has 0 saturated carbocycles. The summed E-state index contributed by atoms with van der Waals surface area (Å²) < 4.78 is 20.9. The maximum Gasteiger partial charge on any atom is 0.331 e. The van der Waals surface area contributed by atoms with Gasteiger partial charge in [0.2, 0.25) is 6.23 Å². The van der Waals surface area contributed by atoms with Gasteiger partial charge in [-0.05, 0) is 36.3 Å². The molecule has 0 aromatic carbocycles. The number of aromatic nitrogens is 2. The maximum absolute atomic E-state index is 12.5. The minimum absolute atomic E-state index is 0.0122. The van der Waals surface area contributed by atoms with E-state index in [-0.39, 0.29) is 10.1 Å². The van der Waals surface area contributed by atoms with E-state index in [4.69, 9.17) is 13.6 Å². The van der Waals surface area contributed by atoms with Crippen LogP contribution < -0.4 is 11.2 Å². The zero-order valence-electron chi connectivity index (χ0n) is 20.1. The van der Waals surface area contributed by atoms with E-state index < -0.39 is 46.3 Å². The van der Waals surface area contributed by atoms with Crippen molar-refractivity contribution in [1.82, 2.24) is 9.55 Å². The van der Waals surface area contributed by atoms with Crippen LogP contribution in [-0.4, -0.2) is 38.4 Å². The predicted molar refractivity (Wildman–Crippen MR) is 125 cm³/mol. The molecule has 1 aromatic heterocycles. The number of hydrogen-bond acceptors (Lipinski definition) is 5. The molecule has 0 spiro atoms. The standard InChI is InChI=1S/C21H38N2O5Si2/c1-14-16(27-29(8,9)20(2,3)4)17(28-30(10,11)21(5,6)7)18(26-14)23-13-12-15(24)22-19(23)25/h12-13,16-18H,1H2,2-11H3,(H,22,24,25). The molecule has 9 heteroatoms. The Balaban J connectivity index is 2.54. The Hall–Kier alpha value is -1.43. The summed E-state index contributed by atoms with van der Waals surface area (Å²) in [6.45, 7) is 25.7. The second-order valence-electron chi connectivity index (χ2n) is 11.1. The molecule has 0 bridgehead atoms. The normalized spacial score (nSPS) is 23.5. The third-order valence-corrected chi connectivity index (χ3v) is 15.7. The molecule has 1 saturated heterocycles. The third-order valence-electron chi connectivity index (χ3n) is 6.76. The van der Waals surface area contributed by atoms with Crippen LogP contribution in [0.25, 0.3) is 0 Å². The number of nitrogens with zero attached hydrogens (tertiary/aromatic N) is 1. The van der Waals surface area contributed by atoms with E-state index in [1.54, 1.807) is 0 Å². The SMILES string of the molecule is C=C1OC(n2ccc(=O)[nH]c2=O)C(O[Si](C)(C)C(C)(C)C)C1O[Si](C)(C)C(C)(C)C. The lowest BCUT2D eigenvalue weighted by atomic mass is 10.2. The van der Waals surface area contributed by atoms with Crippen molar-refractivity contribution in [2.75, 3.05) is 0 Å². The van der Waals surface area contributed by atoms with Gasteiger partial charge in [0.15, 0.2) is 16.6 Å². The Morgan fingerprint density at radius 1 is 1.00 bits per heavy atom. The fourth-order valence-corrected chi connectivity index (χ4v) is 5.26. The zero-order chi connectivity index (χ0) is 23.3. The van der Waals surface area contributed by atoms with E-state index in [1.165, 1.54) is 16.8 Å². The number of nitrogens with one attached hydrogen (secondary N) is 1. The molecule has 3 atom stereocenters. The van der Waals surface area contributed by atoms with Gasteiger partial charge in [0.1, 0.15) is 18.0 Å². The number of hydrogen-bond donors (Lipinski definition) is 1. The molecule has 30 heavy (non-hydrogen) atoms. The van der Waals surface area contributed by atoms with Crippen LogP contribution in [0.15, 0.2) is 34.2 Å². The van der Waals surface area contributed by atoms with Crippen LogP contribution in [0.4, 0.5) is 0 Å². The lowest BCUT2D eigenvalue weighted by molar-refractivity contribution is -0.00649. The second-order valence-corrected chi connectivity index (χ2v) is 20.6. The fraction of sp³-hybridized carbons (Fsp3) is 0.714. The summed E-state index contributed by atoms with van der Waals surface area (Å²) in [6.07, 6.45) is -0.360. The lowest BCUT2D eigenvalue weighted by Crippen LogP contribution is -2.52. The number of H-pyrrole nitrogens is 1. The van der Waals surface area contributed by atoms with E-state index in [0.717, 1.165) is 0 Å². The molecule has 1 fully saturated rings. The molecule has 1 aliphatic heterocycles. The van der Waals surface area contributed by atoms with Crippen LogP contribution >= 0.6 is 0 Å². The minimum atomic E-state index is -2.24. The highest BCUT2D eigenvalue weighted by molar-refractivity contribution is 6.74. The molecule has 1 aromatic rings. The Labute approximate surface area is 181 Å². The lowest BCUT2D eigenvalue weighted by Gasteiger charge is -2.43. The van der Waals surface area contributed by atoms with Crippen LogP contribution in [0, 0.1) is 0 Å². The molecule has 2 heterocycles. The van der Waals surface area contributed by atoms with E-state index in [9.17, 15) is 9.59 Å². The number of aromatic amines is 1. The van der Waals surface area contributed by atoms with Crippen LogP contribution in [-0.2, 0) is 13.6 Å². The highest BCUT2D eigenvalue weighted by Gasteiger charge is 2.52. The molecule has 0 amide bonds. The molecule has 0 aliphatic carbocycles. The zero-order valence-corrected chi connectivity index (χ0v) is 22.1. The van der Waals surface area contributed by atoms with E-state index >= 15 is 0 Å². The van der Waals surface area contributed by atoms with Gasteiger partial charge in [0, 0.05) is 12.3 Å². The fourth-order valence-electron chi connectivity index (χ4n) is 2.73. The molecule has 7 nitrogen and oxygen atoms in total. The van der Waals surface area contributed by atoms with Crippen molar-refractivity contribution in [1.29, 1.82) is 0 Å². The van der Waals surface area contributed by atoms with Gasteiger partial charge in [-0.15, -0.1) is 0 Å². The molecular weight excluding hydrogens is 416 g/mol. The Kier molecular flexibility index (Phi) is 6.56. The van der Waals surface area contributed by atoms with Gasteiger partial charge in [0.25, 0.3) is 5.56 Å². The molecule has 2 rings (SSSR count). The Morgan fingerprint density at radius 2 is 1.50 bits per heavy atom. The molecule has 1 aliphatic rings. The van der Waals surface area contributed by atoms with Crippen molar-refractivity contribution >= 4 is 16.6 Å². The first-order valence-corrected chi connectivity index (χ1v) is 16.2. The van der Waals surface area contributed by atoms with Crippen molar-refractivity contribution in [3.63, 3.8) is 0 Å². The van der Waals surface area contributed by atoms with Gasteiger partial charge in [0.05, 0.1) is 0 Å². The van der Waals surface area contributed by atoms with Crippen molar-refractivity contribution in [3.8, 4) is 0 Å². The quantitative estimate of drug-likeness (QED) is 0.669. The number of ether oxygens (including phenoxy) is 1. The Morgan fingerprint density at radius 3 is 1.97 bits per heavy atom. The first-order chi connectivity index (χ1) is 13.4. The third kappa shape index (κ3) is 4.90. The summed E-state index contributed by atoms with van der Waals surface area (Å²) in [5.74, 6) is 0.451. The monoisotopic (exact) mass is 454 g/mol. The van der Waals surface area contributed by atoms with Gasteiger partial charge < -0.3 is 13.6 Å². The largest absolute Gasteiger partial charge is 0.469 e. The molecule has 170 valence electrons. The van der Waals surface area contributed by atoms with Gasteiger partial charge in [-0.2, -0.15) is 0 Å². The van der Waals surface area contributed by atoms with E-state index in [1.807, 2.05) is 0 Å². The van der Waals surface area contributed by atoms with Crippen molar-refractivity contribution in [3.05, 3.63) is 45.4 Å². The summed E-state index contributed by atoms with van der Waals surface area (Å²) in [5.41, 5.74) is -0.999. The average molecular weight is 455 g/mol. The topological polar surface area (TPSA) is 82.6 Å². The summed E-state index contributed by atoms with van der Waals surface area (Å²) in [7, 11) is -4.42. The first-order valence-electron chi connectivity index (χ1n) is 10.4. The summed E-state index contributed by atoms with van der Waals surface area (Å²) in [5, 5.41) is -0.0549. The molecule has 0 radical (unpaired) electrons. The van der Waals surface area contributed by atoms with Crippen LogP contribution in [0.3, 0.4) is 0 Å². The second kappa shape index (κ2) is 7.92. The van der Waals surface area contributed by atoms with E-state index in [0.29, 0.717) is 5.76 Å². The van der Waals surface area contributed by atoms with Gasteiger partial charge >= 0.3 is 5.69 Å². The highest BCUT2D eigenvalue weighted by Crippen LogP contribution is 2.45. The van der Waals surface area contributed by atoms with E-state index in [2.05, 4.69) is 79.3 Å². The predicted octanol–water partition coefficient (Wildman–Crippen LogP) is 4.36. The molecular formula is C21H38N2O5Si2. The maximum atomic E-state index is 12.5.